The summed E-state index contributed by atoms with van der Waals surface area (Å²) in [6.45, 7) is 0. The Morgan fingerprint density at radius 2 is 0.444 bits per heavy atom. The molecule has 0 N–H and O–H groups in total. The van der Waals surface area contributed by atoms with Crippen molar-refractivity contribution >= 4 is 196 Å². The fourth-order valence-corrected chi connectivity index (χ4v) is 0. The van der Waals surface area contributed by atoms with Gasteiger partial charge in [0.05, 0.1) is 0 Å². The predicted molar refractivity (Wildman–Crippen MR) is 64.0 cm³/mol. The molecule has 0 radical (unpaired) electrons. The van der Waals surface area contributed by atoms with Gasteiger partial charge in [0.25, 0.3) is 0 Å². The Bertz CT molecular complexity index is 371. The molecule has 0 unspecified atom stereocenters. The van der Waals surface area contributed by atoms with Crippen LogP contribution < -0.4 is 75.7 Å². The molecule has 27 heavy (non-hydrogen) atoms. The van der Waals surface area contributed by atoms with Gasteiger partial charge >= 0.3 is 266 Å². The van der Waals surface area contributed by atoms with Gasteiger partial charge in [-0.2, -0.15) is 0 Å². The van der Waals surface area contributed by atoms with Crippen LogP contribution in [0.1, 0.15) is 0 Å². The van der Waals surface area contributed by atoms with Gasteiger partial charge in [0.2, 0.25) is 0 Å². The van der Waals surface area contributed by atoms with Crippen molar-refractivity contribution in [2.75, 3.05) is 0 Å². The summed E-state index contributed by atoms with van der Waals surface area (Å²) >= 11 is -7.00. The fraction of sp³-hybridized carbons (Fsp3) is 0. The van der Waals surface area contributed by atoms with Gasteiger partial charge in [0, 0.05) is 20.8 Å². The standard InChI is InChI=1S/4Al.3Ca.2Na.2H2O4S.8O/c;;;;;;;;;2*1-5(2,3)4;;;;;;;;/h;;;;;;;;;2*(H2,1,2,3,4);;;;;;;;/q;;;;3*+2;2*+1;;;;;;;4*-1/p-4. The Morgan fingerprint density at radius 3 is 0.444 bits per heavy atom. The minimum atomic E-state index is -5.17. The van der Waals surface area contributed by atoms with Gasteiger partial charge in [0.15, 0.2) is 0 Å². The molecule has 0 aromatic rings. The first kappa shape index (κ1) is 69.8. The maximum absolute atomic E-state index is 8.52. The van der Waals surface area contributed by atoms with Crippen LogP contribution in [0.3, 0.4) is 0 Å². The minimum absolute atomic E-state index is 0. The van der Waals surface area contributed by atoms with Crippen LogP contribution in [0.15, 0.2) is 0 Å². The van der Waals surface area contributed by atoms with Gasteiger partial charge in [-0.15, -0.1) is 0 Å². The Hall–Kier alpha value is 6.05. The van der Waals surface area contributed by atoms with E-state index in [9.17, 15) is 0 Å². The Kier molecular flexibility index (Phi) is 164. The third kappa shape index (κ3) is 791. The molecular formula is Al4Ca3Na2O16S2. The van der Waals surface area contributed by atoms with Gasteiger partial charge in [-0.25, -0.2) is 0 Å². The van der Waals surface area contributed by atoms with Crippen molar-refractivity contribution in [2.24, 2.45) is 0 Å². The van der Waals surface area contributed by atoms with Gasteiger partial charge in [-0.1, -0.05) is 0 Å². The third-order valence-corrected chi connectivity index (χ3v) is 0. The monoisotopic (exact) mass is 594 g/mol. The van der Waals surface area contributed by atoms with Gasteiger partial charge in [0.1, 0.15) is 0 Å². The summed E-state index contributed by atoms with van der Waals surface area (Å²) in [6, 6.07) is 0. The summed E-state index contributed by atoms with van der Waals surface area (Å²) in [5.41, 5.74) is 0. The SMILES string of the molecule is O=S(=O)([O-])[O-].O=S(=O)([O-])[O-].[Ca+2].[Ca+2].[Ca+2].[Na+].[Na+].[O]=[Al][O-].[O]=[Al][O-].[O]=[Al][O-].[O]=[Al][O-]. The van der Waals surface area contributed by atoms with E-state index in [4.69, 9.17) is 66.9 Å². The summed E-state index contributed by atoms with van der Waals surface area (Å²) in [4.78, 5) is 0. The van der Waals surface area contributed by atoms with Crippen LogP contribution in [0.5, 0.6) is 0 Å². The molecule has 0 aliphatic carbocycles. The average Bonchev–Trinajstić information content (AvgIpc) is 2.15. The summed E-state index contributed by atoms with van der Waals surface area (Å²) in [6.07, 6.45) is 0. The van der Waals surface area contributed by atoms with Crippen molar-refractivity contribution in [3.8, 4) is 0 Å². The first-order valence-electron chi connectivity index (χ1n) is 3.22. The summed E-state index contributed by atoms with van der Waals surface area (Å²) < 4.78 is 136. The number of hydrogen-bond acceptors (Lipinski definition) is 16. The van der Waals surface area contributed by atoms with E-state index in [2.05, 4.69) is 0 Å². The second-order valence-electron chi connectivity index (χ2n) is 1.20. The summed E-state index contributed by atoms with van der Waals surface area (Å²) in [5.74, 6) is 0. The second kappa shape index (κ2) is 63.6. The molecule has 128 valence electrons. The molecule has 0 aromatic heterocycles. The zero-order chi connectivity index (χ0) is 19.8. The predicted octanol–water partition coefficient (Wildman–Crippen LogP) is -16.6. The van der Waals surface area contributed by atoms with Crippen molar-refractivity contribution in [3.63, 3.8) is 0 Å². The van der Waals surface area contributed by atoms with Crippen LogP contribution in [0.2, 0.25) is 0 Å². The Labute approximate surface area is 314 Å². The van der Waals surface area contributed by atoms with Crippen LogP contribution in [0.25, 0.3) is 0 Å². The molecule has 27 heteroatoms. The molecule has 0 atom stereocenters. The molecule has 0 aliphatic rings. The third-order valence-electron chi connectivity index (χ3n) is 0. The molecule has 0 amide bonds. The fourth-order valence-electron chi connectivity index (χ4n) is 0. The van der Waals surface area contributed by atoms with Gasteiger partial charge in [-0.3, -0.25) is 16.8 Å². The number of rotatable bonds is 0. The summed E-state index contributed by atoms with van der Waals surface area (Å²) in [5, 5.41) is 0. The zero-order valence-electron chi connectivity index (χ0n) is 13.8. The molecule has 0 fully saturated rings. The van der Waals surface area contributed by atoms with E-state index in [0.29, 0.717) is 0 Å². The van der Waals surface area contributed by atoms with Crippen LogP contribution in [0.4, 0.5) is 0 Å². The van der Waals surface area contributed by atoms with E-state index in [1.165, 1.54) is 0 Å². The number of hydrogen-bond donors (Lipinski definition) is 0. The van der Waals surface area contributed by atoms with Crippen molar-refractivity contribution in [3.05, 3.63) is 0 Å². The van der Waals surface area contributed by atoms with Crippen LogP contribution in [-0.4, -0.2) is 210 Å². The van der Waals surface area contributed by atoms with E-state index in [1.807, 2.05) is 0 Å². The van der Waals surface area contributed by atoms with Crippen LogP contribution in [0, 0.1) is 0 Å². The topological polar surface area (TPSA) is 321 Å². The molecule has 16 nitrogen and oxygen atoms in total. The van der Waals surface area contributed by atoms with Crippen molar-refractivity contribution in [1.29, 1.82) is 0 Å². The second-order valence-corrected chi connectivity index (χ2v) is 3.60. The van der Waals surface area contributed by atoms with Gasteiger partial charge in [-0.05, 0) is 0 Å². The van der Waals surface area contributed by atoms with E-state index in [1.54, 1.807) is 0 Å². The van der Waals surface area contributed by atoms with E-state index in [-0.39, 0.29) is 172 Å². The molecular weight excluding hydrogens is 594 g/mol. The Morgan fingerprint density at radius 1 is 0.444 bits per heavy atom. The van der Waals surface area contributed by atoms with Crippen LogP contribution in [-0.2, 0) is 36.0 Å². The molecule has 0 spiro atoms. The van der Waals surface area contributed by atoms with E-state index >= 15 is 0 Å². The molecule has 0 bridgehead atoms. The summed E-state index contributed by atoms with van der Waals surface area (Å²) in [7, 11) is -10.3. The molecule has 0 heterocycles. The van der Waals surface area contributed by atoms with E-state index in [0.717, 1.165) is 0 Å². The van der Waals surface area contributed by atoms with Crippen molar-refractivity contribution in [1.82, 2.24) is 0 Å². The van der Waals surface area contributed by atoms with Gasteiger partial charge < -0.3 is 18.2 Å². The van der Waals surface area contributed by atoms with Crippen molar-refractivity contribution < 1.29 is 126 Å². The zero-order valence-corrected chi connectivity index (χ0v) is 30.7. The molecule has 0 aromatic carbocycles. The van der Waals surface area contributed by atoms with Crippen LogP contribution >= 0.6 is 0 Å². The van der Waals surface area contributed by atoms with Crippen molar-refractivity contribution in [2.45, 2.75) is 0 Å². The first-order valence-corrected chi connectivity index (χ1v) is 9.66. The normalized spacial score (nSPS) is 5.48. The first-order chi connectivity index (χ1) is 9.66. The maximum atomic E-state index is 8.52. The molecule has 0 saturated heterocycles. The molecule has 0 rings (SSSR count). The Balaban J connectivity index is -0.0000000124. The molecule has 0 saturated carbocycles. The molecule has 0 aliphatic heterocycles. The van der Waals surface area contributed by atoms with E-state index < -0.39 is 82.7 Å². The quantitative estimate of drug-likeness (QED) is 0.143. The average molecular weight is 594 g/mol.